The summed E-state index contributed by atoms with van der Waals surface area (Å²) in [5, 5.41) is 25.9. The number of benzene rings is 4. The predicted octanol–water partition coefficient (Wildman–Crippen LogP) is 6.99. The van der Waals surface area contributed by atoms with Gasteiger partial charge in [0.05, 0.1) is 29.3 Å². The van der Waals surface area contributed by atoms with Crippen LogP contribution in [-0.4, -0.2) is 88.9 Å². The van der Waals surface area contributed by atoms with E-state index in [9.17, 15) is 0 Å². The van der Waals surface area contributed by atoms with E-state index in [1.807, 2.05) is 135 Å². The van der Waals surface area contributed by atoms with Gasteiger partial charge >= 0.3 is 0 Å². The molecule has 0 amide bonds. The van der Waals surface area contributed by atoms with Crippen molar-refractivity contribution >= 4 is 57.1 Å². The van der Waals surface area contributed by atoms with E-state index in [1.165, 1.54) is 12.7 Å². The standard InChI is InChI=1S/C39H44N16/c1-51(37-43-24-42-25-44-37)21-33-22-52(2)38(54(33)4)50-48-35-19-18-32(46-29-12-8-27(41)9-13-29)20-34(35)36-23-53(3)39(55(36)5)49-47-31-16-14-30(15-17-31)45-28-10-6-26(40)7-11-28/h6-20,22-25,38-39,45-46H,21,40-41H2,1-5H3/t38-,39-/m0/s1. The Bertz CT molecular complexity index is 2200. The van der Waals surface area contributed by atoms with Crippen molar-refractivity contribution in [1.82, 2.24) is 34.6 Å². The van der Waals surface area contributed by atoms with Crippen LogP contribution in [0, 0.1) is 0 Å². The number of aromatic nitrogens is 3. The summed E-state index contributed by atoms with van der Waals surface area (Å²) in [5.41, 5.74) is 21.1. The second kappa shape index (κ2) is 15.8. The van der Waals surface area contributed by atoms with E-state index in [1.54, 1.807) is 0 Å². The maximum atomic E-state index is 5.94. The highest BCUT2D eigenvalue weighted by Gasteiger charge is 2.31. The van der Waals surface area contributed by atoms with E-state index in [4.69, 9.17) is 26.8 Å². The zero-order chi connectivity index (χ0) is 38.5. The maximum Gasteiger partial charge on any atom is 0.228 e. The monoisotopic (exact) mass is 736 g/mol. The molecule has 0 bridgehead atoms. The second-order valence-electron chi connectivity index (χ2n) is 13.4. The first-order valence-corrected chi connectivity index (χ1v) is 17.6. The Morgan fingerprint density at radius 3 is 1.82 bits per heavy atom. The molecule has 0 saturated carbocycles. The summed E-state index contributed by atoms with van der Waals surface area (Å²) >= 11 is 0. The quantitative estimate of drug-likeness (QED) is 0.0763. The smallest absolute Gasteiger partial charge is 0.228 e. The van der Waals surface area contributed by atoms with Crippen molar-refractivity contribution in [2.75, 3.05) is 68.8 Å². The molecule has 0 spiro atoms. The zero-order valence-electron chi connectivity index (χ0n) is 31.4. The third-order valence-corrected chi connectivity index (χ3v) is 9.24. The van der Waals surface area contributed by atoms with Crippen LogP contribution in [0.1, 0.15) is 5.56 Å². The normalized spacial score (nSPS) is 17.0. The van der Waals surface area contributed by atoms with E-state index in [-0.39, 0.29) is 12.6 Å². The summed E-state index contributed by atoms with van der Waals surface area (Å²) in [7, 11) is 9.91. The Kier molecular flexibility index (Phi) is 10.4. The molecule has 5 aromatic rings. The zero-order valence-corrected chi connectivity index (χ0v) is 31.4. The average molecular weight is 737 g/mol. The van der Waals surface area contributed by atoms with Gasteiger partial charge in [0.25, 0.3) is 0 Å². The minimum atomic E-state index is -0.388. The van der Waals surface area contributed by atoms with Crippen molar-refractivity contribution in [3.8, 4) is 0 Å². The van der Waals surface area contributed by atoms with E-state index in [0.29, 0.717) is 23.9 Å². The van der Waals surface area contributed by atoms with E-state index in [0.717, 1.165) is 51.1 Å². The summed E-state index contributed by atoms with van der Waals surface area (Å²) in [5.74, 6) is 0.590. The molecule has 2 aliphatic heterocycles. The fourth-order valence-corrected chi connectivity index (χ4v) is 6.25. The SMILES string of the molecule is CN(CC1=CN(C)[C@H](N=Nc2ccc(Nc3ccc(N)cc3)cc2C2=CN(C)[C@H](N=Nc3ccc(Nc4ccc(N)cc4)cc3)N2C)N1C)c1ncncn1. The van der Waals surface area contributed by atoms with Gasteiger partial charge in [-0.05, 0) is 91.0 Å². The Morgan fingerprint density at radius 1 is 0.655 bits per heavy atom. The largest absolute Gasteiger partial charge is 0.399 e. The molecule has 2 atom stereocenters. The molecule has 4 aromatic carbocycles. The first-order valence-electron chi connectivity index (χ1n) is 17.6. The molecule has 7 rings (SSSR count). The van der Waals surface area contributed by atoms with Crippen LogP contribution in [-0.2, 0) is 0 Å². The van der Waals surface area contributed by atoms with Crippen molar-refractivity contribution in [1.29, 1.82) is 0 Å². The van der Waals surface area contributed by atoms with Gasteiger partial charge in [-0.1, -0.05) is 0 Å². The van der Waals surface area contributed by atoms with Crippen molar-refractivity contribution in [2.45, 2.75) is 12.6 Å². The third-order valence-electron chi connectivity index (χ3n) is 9.24. The molecule has 3 heterocycles. The molecular formula is C39H44N16. The van der Waals surface area contributed by atoms with Crippen LogP contribution in [0.2, 0.25) is 0 Å². The summed E-state index contributed by atoms with van der Waals surface area (Å²) in [4.78, 5) is 22.6. The van der Waals surface area contributed by atoms with Crippen molar-refractivity contribution < 1.29 is 0 Å². The van der Waals surface area contributed by atoms with Crippen LogP contribution in [0.3, 0.4) is 0 Å². The number of nitrogens with one attached hydrogen (secondary N) is 2. The fourth-order valence-electron chi connectivity index (χ4n) is 6.25. The molecule has 55 heavy (non-hydrogen) atoms. The minimum Gasteiger partial charge on any atom is -0.399 e. The number of rotatable bonds is 12. The van der Waals surface area contributed by atoms with Gasteiger partial charge in [0, 0.05) is 87.3 Å². The van der Waals surface area contributed by atoms with Crippen LogP contribution in [0.4, 0.5) is 51.4 Å². The molecule has 6 N–H and O–H groups in total. The lowest BCUT2D eigenvalue weighted by molar-refractivity contribution is 0.196. The van der Waals surface area contributed by atoms with E-state index in [2.05, 4.69) is 59.0 Å². The molecule has 0 radical (unpaired) electrons. The van der Waals surface area contributed by atoms with E-state index >= 15 is 0 Å². The number of nitrogen functional groups attached to an aromatic ring is 2. The van der Waals surface area contributed by atoms with Crippen LogP contribution in [0.15, 0.2) is 142 Å². The number of nitrogens with zero attached hydrogens (tertiary/aromatic N) is 12. The van der Waals surface area contributed by atoms with Gasteiger partial charge in [0.2, 0.25) is 18.5 Å². The van der Waals surface area contributed by atoms with Crippen molar-refractivity contribution in [2.24, 2.45) is 20.5 Å². The van der Waals surface area contributed by atoms with Crippen molar-refractivity contribution in [3.63, 3.8) is 0 Å². The molecule has 2 aliphatic rings. The molecule has 0 aliphatic carbocycles. The topological polar surface area (TPSA) is 180 Å². The number of likely N-dealkylation sites (N-methyl/N-ethyl adjacent to an activating group) is 2. The maximum absolute atomic E-state index is 5.94. The lowest BCUT2D eigenvalue weighted by atomic mass is 10.1. The molecule has 1 aromatic heterocycles. The van der Waals surface area contributed by atoms with Crippen LogP contribution < -0.4 is 27.0 Å². The average Bonchev–Trinajstić information content (AvgIpc) is 3.63. The highest BCUT2D eigenvalue weighted by Crippen LogP contribution is 2.38. The van der Waals surface area contributed by atoms with Gasteiger partial charge in [-0.2, -0.15) is 10.2 Å². The van der Waals surface area contributed by atoms with Crippen molar-refractivity contribution in [3.05, 3.63) is 127 Å². The fraction of sp³-hybridized carbons (Fsp3) is 0.205. The van der Waals surface area contributed by atoms with Gasteiger partial charge < -0.3 is 46.6 Å². The third kappa shape index (κ3) is 8.38. The number of anilines is 7. The van der Waals surface area contributed by atoms with Crippen LogP contribution in [0.5, 0.6) is 0 Å². The summed E-state index contributed by atoms with van der Waals surface area (Å²) in [6.45, 7) is 0.582. The molecule has 0 fully saturated rings. The van der Waals surface area contributed by atoms with Crippen LogP contribution in [0.25, 0.3) is 5.70 Å². The first-order chi connectivity index (χ1) is 26.6. The lowest BCUT2D eigenvalue weighted by Gasteiger charge is -2.27. The molecule has 0 saturated heterocycles. The van der Waals surface area contributed by atoms with Gasteiger partial charge in [-0.15, -0.1) is 10.2 Å². The number of hydrogen-bond acceptors (Lipinski definition) is 16. The summed E-state index contributed by atoms with van der Waals surface area (Å²) in [6.07, 6.45) is 6.35. The molecule has 280 valence electrons. The highest BCUT2D eigenvalue weighted by atomic mass is 15.5. The summed E-state index contributed by atoms with van der Waals surface area (Å²) < 4.78 is 0. The first kappa shape index (κ1) is 36.1. The number of nitrogens with two attached hydrogens (primary N) is 2. The summed E-state index contributed by atoms with van der Waals surface area (Å²) in [6, 6.07) is 29.1. The van der Waals surface area contributed by atoms with Crippen LogP contribution >= 0.6 is 0 Å². The lowest BCUT2D eigenvalue weighted by Crippen LogP contribution is -2.35. The number of hydrogen-bond donors (Lipinski definition) is 4. The number of azo groups is 2. The molecular weight excluding hydrogens is 693 g/mol. The Labute approximate surface area is 320 Å². The molecule has 0 unspecified atom stereocenters. The van der Waals surface area contributed by atoms with Gasteiger partial charge in [-0.3, -0.25) is 0 Å². The molecule has 16 nitrogen and oxygen atoms in total. The van der Waals surface area contributed by atoms with E-state index < -0.39 is 0 Å². The van der Waals surface area contributed by atoms with Gasteiger partial charge in [-0.25, -0.2) is 15.0 Å². The Morgan fingerprint density at radius 2 is 1.18 bits per heavy atom. The molecule has 16 heteroatoms. The Balaban J connectivity index is 1.10. The van der Waals surface area contributed by atoms with Gasteiger partial charge in [0.1, 0.15) is 12.7 Å². The predicted molar refractivity (Wildman–Crippen MR) is 218 cm³/mol. The minimum absolute atomic E-state index is 0.352. The Hall–Kier alpha value is -7.23. The highest BCUT2D eigenvalue weighted by molar-refractivity contribution is 5.79. The van der Waals surface area contributed by atoms with Gasteiger partial charge in [0.15, 0.2) is 0 Å². The second-order valence-corrected chi connectivity index (χ2v) is 13.4.